The summed E-state index contributed by atoms with van der Waals surface area (Å²) in [6.45, 7) is 0.313. The summed E-state index contributed by atoms with van der Waals surface area (Å²) in [6.07, 6.45) is 6.21. The van der Waals surface area contributed by atoms with Gasteiger partial charge in [0.2, 0.25) is 0 Å². The summed E-state index contributed by atoms with van der Waals surface area (Å²) >= 11 is 1.88. The third-order valence-corrected chi connectivity index (χ3v) is 4.95. The Hall–Kier alpha value is -0.870. The molecule has 0 saturated heterocycles. The number of aliphatic hydroxyl groups is 1. The fraction of sp³-hybridized carbons (Fsp3) is 0.600. The van der Waals surface area contributed by atoms with Gasteiger partial charge in [-0.25, -0.2) is 0 Å². The lowest BCUT2D eigenvalue weighted by Crippen LogP contribution is -2.22. The van der Waals surface area contributed by atoms with Crippen LogP contribution in [0.5, 0.6) is 5.75 Å². The number of nitrogen functional groups attached to an aromatic ring is 1. The van der Waals surface area contributed by atoms with Crippen LogP contribution in [0.2, 0.25) is 0 Å². The van der Waals surface area contributed by atoms with Crippen LogP contribution in [0.1, 0.15) is 32.1 Å². The lowest BCUT2D eigenvalue weighted by atomic mass is 10.0. The molecule has 2 rings (SSSR count). The summed E-state index contributed by atoms with van der Waals surface area (Å²) in [5.41, 5.74) is 6.41. The Bertz CT molecular complexity index is 380. The number of thioether (sulfide) groups is 1. The minimum absolute atomic E-state index is 0.313. The molecule has 1 aliphatic carbocycles. The van der Waals surface area contributed by atoms with Crippen molar-refractivity contribution in [3.8, 4) is 5.75 Å². The van der Waals surface area contributed by atoms with Crippen LogP contribution in [-0.4, -0.2) is 28.8 Å². The van der Waals surface area contributed by atoms with Crippen molar-refractivity contribution in [1.29, 1.82) is 0 Å². The van der Waals surface area contributed by atoms with Crippen molar-refractivity contribution in [3.63, 3.8) is 0 Å². The van der Waals surface area contributed by atoms with Crippen molar-refractivity contribution in [1.82, 2.24) is 0 Å². The zero-order valence-corrected chi connectivity index (χ0v) is 12.1. The van der Waals surface area contributed by atoms with E-state index in [1.807, 2.05) is 30.0 Å². The molecule has 1 fully saturated rings. The molecule has 0 amide bonds. The number of rotatable bonds is 6. The topological polar surface area (TPSA) is 55.5 Å². The predicted octanol–water partition coefficient (Wildman–Crippen LogP) is 3.07. The van der Waals surface area contributed by atoms with Crippen LogP contribution in [-0.2, 0) is 0 Å². The largest absolute Gasteiger partial charge is 0.489 e. The molecule has 1 saturated carbocycles. The molecule has 1 aliphatic rings. The van der Waals surface area contributed by atoms with Crippen LogP contribution in [0.3, 0.4) is 0 Å². The lowest BCUT2D eigenvalue weighted by Gasteiger charge is -2.22. The highest BCUT2D eigenvalue weighted by atomic mass is 32.2. The molecule has 1 aromatic rings. The van der Waals surface area contributed by atoms with Crippen LogP contribution < -0.4 is 10.5 Å². The Morgan fingerprint density at radius 3 is 2.74 bits per heavy atom. The van der Waals surface area contributed by atoms with E-state index >= 15 is 0 Å². The second-order valence-electron chi connectivity index (χ2n) is 5.10. The number of hydrogen-bond acceptors (Lipinski definition) is 4. The van der Waals surface area contributed by atoms with Gasteiger partial charge >= 0.3 is 0 Å². The van der Waals surface area contributed by atoms with E-state index in [2.05, 4.69) is 0 Å². The average molecular weight is 281 g/mol. The van der Waals surface area contributed by atoms with Crippen molar-refractivity contribution in [2.45, 2.75) is 43.5 Å². The van der Waals surface area contributed by atoms with Crippen LogP contribution in [0.25, 0.3) is 0 Å². The summed E-state index contributed by atoms with van der Waals surface area (Å²) in [4.78, 5) is 0. The van der Waals surface area contributed by atoms with Gasteiger partial charge in [0.1, 0.15) is 12.4 Å². The van der Waals surface area contributed by atoms with E-state index in [0.717, 1.165) is 11.0 Å². The van der Waals surface area contributed by atoms with Crippen LogP contribution in [0.15, 0.2) is 24.3 Å². The van der Waals surface area contributed by atoms with Gasteiger partial charge in [-0.15, -0.1) is 0 Å². The molecule has 0 aromatic heterocycles. The van der Waals surface area contributed by atoms with Crippen molar-refractivity contribution in [2.75, 3.05) is 18.1 Å². The highest BCUT2D eigenvalue weighted by Crippen LogP contribution is 2.28. The van der Waals surface area contributed by atoms with E-state index in [1.54, 1.807) is 6.07 Å². The summed E-state index contributed by atoms with van der Waals surface area (Å²) in [5.74, 6) is 1.40. The molecule has 4 heteroatoms. The molecule has 0 spiro atoms. The van der Waals surface area contributed by atoms with E-state index < -0.39 is 6.10 Å². The zero-order chi connectivity index (χ0) is 13.5. The van der Waals surface area contributed by atoms with Gasteiger partial charge in [-0.05, 0) is 25.0 Å². The van der Waals surface area contributed by atoms with E-state index in [0.29, 0.717) is 18.0 Å². The van der Waals surface area contributed by atoms with Gasteiger partial charge in [0.15, 0.2) is 0 Å². The van der Waals surface area contributed by atoms with Gasteiger partial charge < -0.3 is 15.6 Å². The molecule has 0 aliphatic heterocycles. The molecule has 1 unspecified atom stereocenters. The molecule has 3 N–H and O–H groups in total. The van der Waals surface area contributed by atoms with Gasteiger partial charge in [-0.2, -0.15) is 11.8 Å². The van der Waals surface area contributed by atoms with Crippen molar-refractivity contribution in [2.24, 2.45) is 0 Å². The summed E-state index contributed by atoms with van der Waals surface area (Å²) in [7, 11) is 0. The number of para-hydroxylation sites is 2. The highest BCUT2D eigenvalue weighted by molar-refractivity contribution is 7.99. The first-order valence-corrected chi connectivity index (χ1v) is 8.07. The number of nitrogens with two attached hydrogens (primary N) is 1. The maximum atomic E-state index is 9.95. The van der Waals surface area contributed by atoms with Crippen LogP contribution in [0.4, 0.5) is 5.69 Å². The number of benzene rings is 1. The minimum atomic E-state index is -0.425. The lowest BCUT2D eigenvalue weighted by molar-refractivity contribution is 0.126. The van der Waals surface area contributed by atoms with Crippen LogP contribution >= 0.6 is 11.8 Å². The molecule has 1 aromatic carbocycles. The Morgan fingerprint density at radius 2 is 2.00 bits per heavy atom. The van der Waals surface area contributed by atoms with E-state index in [-0.39, 0.29) is 0 Å². The molecule has 0 bridgehead atoms. The SMILES string of the molecule is Nc1ccccc1OCC(O)CSC1CCCCC1. The predicted molar refractivity (Wildman–Crippen MR) is 81.7 cm³/mol. The van der Waals surface area contributed by atoms with Crippen molar-refractivity contribution >= 4 is 17.4 Å². The number of anilines is 1. The first-order chi connectivity index (χ1) is 9.25. The molecule has 3 nitrogen and oxygen atoms in total. The number of ether oxygens (including phenoxy) is 1. The zero-order valence-electron chi connectivity index (χ0n) is 11.3. The standard InChI is InChI=1S/C15H23NO2S/c16-14-8-4-5-9-15(14)18-10-12(17)11-19-13-6-2-1-3-7-13/h4-5,8-9,12-13,17H,1-3,6-7,10-11,16H2. The Kier molecular flexibility index (Phi) is 5.86. The van der Waals surface area contributed by atoms with Gasteiger partial charge in [-0.1, -0.05) is 31.4 Å². The Morgan fingerprint density at radius 1 is 1.26 bits per heavy atom. The Balaban J connectivity index is 1.66. The van der Waals surface area contributed by atoms with E-state index in [1.165, 1.54) is 32.1 Å². The second-order valence-corrected chi connectivity index (χ2v) is 6.43. The molecular formula is C15H23NO2S. The first-order valence-electron chi connectivity index (χ1n) is 7.02. The van der Waals surface area contributed by atoms with Gasteiger partial charge in [-0.3, -0.25) is 0 Å². The molecule has 1 atom stereocenters. The smallest absolute Gasteiger partial charge is 0.142 e. The summed E-state index contributed by atoms with van der Waals surface area (Å²) in [5, 5.41) is 10.7. The van der Waals surface area contributed by atoms with Gasteiger partial charge in [0.25, 0.3) is 0 Å². The highest BCUT2D eigenvalue weighted by Gasteiger charge is 2.16. The fourth-order valence-corrected chi connectivity index (χ4v) is 3.58. The monoisotopic (exact) mass is 281 g/mol. The fourth-order valence-electron chi connectivity index (χ4n) is 2.33. The maximum absolute atomic E-state index is 9.95. The third kappa shape index (κ3) is 4.96. The molecule has 106 valence electrons. The normalized spacial score (nSPS) is 18.2. The number of aliphatic hydroxyl groups excluding tert-OH is 1. The van der Waals surface area contributed by atoms with Crippen molar-refractivity contribution in [3.05, 3.63) is 24.3 Å². The minimum Gasteiger partial charge on any atom is -0.489 e. The van der Waals surface area contributed by atoms with Crippen LogP contribution in [0, 0.1) is 0 Å². The molecule has 19 heavy (non-hydrogen) atoms. The van der Waals surface area contributed by atoms with E-state index in [4.69, 9.17) is 10.5 Å². The second kappa shape index (κ2) is 7.65. The quantitative estimate of drug-likeness (QED) is 0.787. The number of hydrogen-bond donors (Lipinski definition) is 2. The average Bonchev–Trinajstić information content (AvgIpc) is 2.45. The first kappa shape index (κ1) is 14.5. The van der Waals surface area contributed by atoms with Gasteiger partial charge in [0.05, 0.1) is 11.8 Å². The molecule has 0 radical (unpaired) electrons. The third-order valence-electron chi connectivity index (χ3n) is 3.43. The summed E-state index contributed by atoms with van der Waals surface area (Å²) < 4.78 is 5.55. The van der Waals surface area contributed by atoms with Crippen molar-refractivity contribution < 1.29 is 9.84 Å². The van der Waals surface area contributed by atoms with E-state index in [9.17, 15) is 5.11 Å². The maximum Gasteiger partial charge on any atom is 0.142 e. The Labute approximate surface area is 119 Å². The summed E-state index contributed by atoms with van der Waals surface area (Å²) in [6, 6.07) is 7.39. The van der Waals surface area contributed by atoms with Gasteiger partial charge in [0, 0.05) is 11.0 Å². The molecular weight excluding hydrogens is 258 g/mol. The molecule has 0 heterocycles.